The minimum atomic E-state index is -4.60. The number of nitrogens with one attached hydrogen (secondary N) is 3. The fraction of sp³-hybridized carbons (Fsp3) is 0.227. The number of halogens is 4. The molecule has 2 atom stereocenters. The van der Waals surface area contributed by atoms with Crippen molar-refractivity contribution < 1.29 is 27.2 Å². The van der Waals surface area contributed by atoms with Crippen molar-refractivity contribution in [1.29, 1.82) is 5.26 Å². The van der Waals surface area contributed by atoms with E-state index in [9.17, 15) is 32.4 Å². The van der Waals surface area contributed by atoms with Gasteiger partial charge in [0, 0.05) is 30.4 Å². The number of amides is 2. The van der Waals surface area contributed by atoms with Crippen LogP contribution in [0, 0.1) is 17.1 Å². The first kappa shape index (κ1) is 22.8. The molecule has 10 heteroatoms. The van der Waals surface area contributed by atoms with Crippen molar-refractivity contribution in [3.8, 4) is 6.07 Å². The molecule has 1 heterocycles. The van der Waals surface area contributed by atoms with E-state index in [-0.39, 0.29) is 12.0 Å². The Bertz CT molecular complexity index is 1200. The lowest BCUT2D eigenvalue weighted by Crippen LogP contribution is -2.48. The molecule has 3 aromatic rings. The second-order valence-corrected chi connectivity index (χ2v) is 7.15. The summed E-state index contributed by atoms with van der Waals surface area (Å²) in [6.07, 6.45) is -3.02. The highest BCUT2D eigenvalue weighted by Crippen LogP contribution is 2.30. The van der Waals surface area contributed by atoms with Crippen molar-refractivity contribution in [2.75, 3.05) is 0 Å². The maximum absolute atomic E-state index is 13.4. The molecule has 0 aliphatic carbocycles. The number of aromatic amines is 1. The largest absolute Gasteiger partial charge is 0.416 e. The number of rotatable bonds is 6. The van der Waals surface area contributed by atoms with Gasteiger partial charge in [0.1, 0.15) is 17.9 Å². The van der Waals surface area contributed by atoms with Gasteiger partial charge in [0.25, 0.3) is 0 Å². The molecule has 0 aliphatic rings. The summed E-state index contributed by atoms with van der Waals surface area (Å²) in [5.41, 5.74) is 0.121. The number of nitrogens with zero attached hydrogens (tertiary/aromatic N) is 1. The SMILES string of the molecule is CC(=O)NC(Cc1c[nH]c2cc(F)ccc12)C(=O)NC(C#N)c1cccc(C(F)(F)F)c1. The first-order chi connectivity index (χ1) is 15.1. The van der Waals surface area contributed by atoms with E-state index in [0.29, 0.717) is 16.5 Å². The number of alkyl halides is 3. The zero-order valence-electron chi connectivity index (χ0n) is 16.8. The van der Waals surface area contributed by atoms with Crippen LogP contribution in [0.3, 0.4) is 0 Å². The fourth-order valence-electron chi connectivity index (χ4n) is 3.33. The smallest absolute Gasteiger partial charge is 0.361 e. The molecule has 1 aromatic heterocycles. The number of fused-ring (bicyclic) bond motifs is 1. The number of carbonyl (C=O) groups excluding carboxylic acids is 2. The van der Waals surface area contributed by atoms with Gasteiger partial charge in [-0.25, -0.2) is 4.39 Å². The molecule has 0 saturated heterocycles. The summed E-state index contributed by atoms with van der Waals surface area (Å²) in [7, 11) is 0. The van der Waals surface area contributed by atoms with E-state index in [2.05, 4.69) is 15.6 Å². The van der Waals surface area contributed by atoms with Crippen LogP contribution in [0.1, 0.15) is 29.7 Å². The standard InChI is InChI=1S/C22H18F4N4O2/c1-12(31)29-19(8-14-11-28-18-9-16(23)5-6-17(14)18)21(32)30-20(10-27)13-3-2-4-15(7-13)22(24,25)26/h2-7,9,11,19-20,28H,8H2,1H3,(H,29,31)(H,30,32). The summed E-state index contributed by atoms with van der Waals surface area (Å²) >= 11 is 0. The van der Waals surface area contributed by atoms with Crippen LogP contribution in [0.5, 0.6) is 0 Å². The summed E-state index contributed by atoms with van der Waals surface area (Å²) in [5.74, 6) is -1.70. The lowest BCUT2D eigenvalue weighted by Gasteiger charge is -2.20. The minimum Gasteiger partial charge on any atom is -0.361 e. The van der Waals surface area contributed by atoms with Crippen molar-refractivity contribution >= 4 is 22.7 Å². The van der Waals surface area contributed by atoms with E-state index in [1.165, 1.54) is 31.2 Å². The van der Waals surface area contributed by atoms with E-state index in [4.69, 9.17) is 0 Å². The summed E-state index contributed by atoms with van der Waals surface area (Å²) < 4.78 is 52.4. The normalized spacial score (nSPS) is 13.2. The Morgan fingerprint density at radius 1 is 1.16 bits per heavy atom. The lowest BCUT2D eigenvalue weighted by molar-refractivity contribution is -0.137. The Morgan fingerprint density at radius 3 is 2.56 bits per heavy atom. The Kier molecular flexibility index (Phi) is 6.48. The summed E-state index contributed by atoms with van der Waals surface area (Å²) in [4.78, 5) is 27.4. The van der Waals surface area contributed by atoms with E-state index in [0.717, 1.165) is 18.2 Å². The van der Waals surface area contributed by atoms with Crippen molar-refractivity contribution in [3.63, 3.8) is 0 Å². The van der Waals surface area contributed by atoms with Crippen LogP contribution in [0.25, 0.3) is 10.9 Å². The van der Waals surface area contributed by atoms with Gasteiger partial charge in [0.2, 0.25) is 11.8 Å². The Hall–Kier alpha value is -3.87. The Balaban J connectivity index is 1.83. The van der Waals surface area contributed by atoms with Crippen LogP contribution in [0.4, 0.5) is 17.6 Å². The Morgan fingerprint density at radius 2 is 1.91 bits per heavy atom. The minimum absolute atomic E-state index is 0.0117. The van der Waals surface area contributed by atoms with Crippen molar-refractivity contribution in [1.82, 2.24) is 15.6 Å². The Labute approximate surface area is 180 Å². The quantitative estimate of drug-likeness (QED) is 0.503. The van der Waals surface area contributed by atoms with Crippen LogP contribution in [0.2, 0.25) is 0 Å². The van der Waals surface area contributed by atoms with E-state index in [1.54, 1.807) is 12.3 Å². The zero-order valence-corrected chi connectivity index (χ0v) is 16.8. The van der Waals surface area contributed by atoms with Gasteiger partial charge in [0.05, 0.1) is 11.6 Å². The van der Waals surface area contributed by atoms with Gasteiger partial charge in [-0.2, -0.15) is 18.4 Å². The highest BCUT2D eigenvalue weighted by atomic mass is 19.4. The molecule has 0 bridgehead atoms. The average Bonchev–Trinajstić information content (AvgIpc) is 3.12. The van der Waals surface area contributed by atoms with E-state index < -0.39 is 41.5 Å². The molecule has 2 unspecified atom stereocenters. The maximum Gasteiger partial charge on any atom is 0.416 e. The zero-order chi connectivity index (χ0) is 23.5. The fourth-order valence-corrected chi connectivity index (χ4v) is 3.33. The predicted octanol–water partition coefficient (Wildman–Crippen LogP) is 3.75. The predicted molar refractivity (Wildman–Crippen MR) is 108 cm³/mol. The van der Waals surface area contributed by atoms with Gasteiger partial charge < -0.3 is 15.6 Å². The lowest BCUT2D eigenvalue weighted by atomic mass is 10.0. The van der Waals surface area contributed by atoms with Crippen molar-refractivity contribution in [2.24, 2.45) is 0 Å². The van der Waals surface area contributed by atoms with Crippen LogP contribution in [-0.4, -0.2) is 22.8 Å². The molecule has 2 aromatic carbocycles. The second kappa shape index (κ2) is 9.09. The van der Waals surface area contributed by atoms with Crippen LogP contribution in [-0.2, 0) is 22.2 Å². The van der Waals surface area contributed by atoms with Gasteiger partial charge in [-0.3, -0.25) is 9.59 Å². The molecule has 32 heavy (non-hydrogen) atoms. The molecule has 0 radical (unpaired) electrons. The molecule has 0 aliphatic heterocycles. The third kappa shape index (κ3) is 5.24. The van der Waals surface area contributed by atoms with E-state index >= 15 is 0 Å². The number of hydrogen-bond donors (Lipinski definition) is 3. The average molecular weight is 446 g/mol. The topological polar surface area (TPSA) is 97.8 Å². The third-order valence-corrected chi connectivity index (χ3v) is 4.81. The summed E-state index contributed by atoms with van der Waals surface area (Å²) in [5, 5.41) is 14.9. The van der Waals surface area contributed by atoms with Crippen molar-refractivity contribution in [3.05, 3.63) is 71.2 Å². The van der Waals surface area contributed by atoms with Gasteiger partial charge in [-0.15, -0.1) is 0 Å². The molecule has 3 rings (SSSR count). The molecule has 6 nitrogen and oxygen atoms in total. The highest BCUT2D eigenvalue weighted by Gasteiger charge is 2.31. The number of benzene rings is 2. The van der Waals surface area contributed by atoms with E-state index in [1.807, 2.05) is 0 Å². The van der Waals surface area contributed by atoms with Crippen LogP contribution < -0.4 is 10.6 Å². The first-order valence-electron chi connectivity index (χ1n) is 9.48. The third-order valence-electron chi connectivity index (χ3n) is 4.81. The van der Waals surface area contributed by atoms with Gasteiger partial charge in [0.15, 0.2) is 0 Å². The molecular formula is C22H18F4N4O2. The number of carbonyl (C=O) groups is 2. The number of nitriles is 1. The molecule has 0 saturated carbocycles. The molecule has 3 N–H and O–H groups in total. The van der Waals surface area contributed by atoms with Crippen LogP contribution in [0.15, 0.2) is 48.7 Å². The number of H-pyrrole nitrogens is 1. The number of aromatic nitrogens is 1. The molecular weight excluding hydrogens is 428 g/mol. The van der Waals surface area contributed by atoms with Crippen LogP contribution >= 0.6 is 0 Å². The molecule has 0 spiro atoms. The molecule has 166 valence electrons. The van der Waals surface area contributed by atoms with Crippen molar-refractivity contribution in [2.45, 2.75) is 31.6 Å². The highest BCUT2D eigenvalue weighted by molar-refractivity contribution is 5.89. The summed E-state index contributed by atoms with van der Waals surface area (Å²) in [6, 6.07) is 7.45. The number of hydrogen-bond acceptors (Lipinski definition) is 3. The van der Waals surface area contributed by atoms with Gasteiger partial charge >= 0.3 is 6.18 Å². The molecule has 2 amide bonds. The van der Waals surface area contributed by atoms with Gasteiger partial charge in [-0.05, 0) is 41.5 Å². The maximum atomic E-state index is 13.4. The molecule has 0 fully saturated rings. The first-order valence-corrected chi connectivity index (χ1v) is 9.48. The van der Waals surface area contributed by atoms with Gasteiger partial charge in [-0.1, -0.05) is 12.1 Å². The summed E-state index contributed by atoms with van der Waals surface area (Å²) in [6.45, 7) is 1.21. The second-order valence-electron chi connectivity index (χ2n) is 7.15. The monoisotopic (exact) mass is 446 g/mol.